The van der Waals surface area contributed by atoms with E-state index in [1.807, 2.05) is 0 Å². The summed E-state index contributed by atoms with van der Waals surface area (Å²) in [5.41, 5.74) is -0.588. The highest BCUT2D eigenvalue weighted by Gasteiger charge is 2.43. The second-order valence-corrected chi connectivity index (χ2v) is 8.42. The predicted octanol–water partition coefficient (Wildman–Crippen LogP) is 4.24. The Morgan fingerprint density at radius 3 is 2.60 bits per heavy atom. The number of fused-ring (bicyclic) bond motifs is 2. The van der Waals surface area contributed by atoms with Gasteiger partial charge >= 0.3 is 12.5 Å². The molecule has 0 fully saturated rings. The van der Waals surface area contributed by atoms with E-state index in [0.717, 1.165) is 16.8 Å². The first kappa shape index (κ1) is 26.8. The molecule has 0 spiro atoms. The monoisotopic (exact) mass is 569 g/mol. The minimum atomic E-state index is -4.67. The second-order valence-electron chi connectivity index (χ2n) is 8.42. The summed E-state index contributed by atoms with van der Waals surface area (Å²) in [6.45, 7) is -0.631. The summed E-state index contributed by atoms with van der Waals surface area (Å²) >= 11 is 0. The van der Waals surface area contributed by atoms with Gasteiger partial charge in [0, 0.05) is 23.9 Å². The van der Waals surface area contributed by atoms with Crippen molar-refractivity contribution >= 4 is 22.6 Å². The average Bonchev–Trinajstić information content (AvgIpc) is 3.48. The minimum Gasteiger partial charge on any atom is -0.481 e. The third kappa shape index (κ3) is 5.23. The maximum absolute atomic E-state index is 14.6. The van der Waals surface area contributed by atoms with Gasteiger partial charge in [-0.05, 0) is 37.3 Å². The Morgan fingerprint density at radius 2 is 1.90 bits per heavy atom. The Labute approximate surface area is 219 Å². The lowest BCUT2D eigenvalue weighted by molar-refractivity contribution is -0.286. The molecule has 0 radical (unpaired) electrons. The van der Waals surface area contributed by atoms with Crippen LogP contribution in [0.25, 0.3) is 22.3 Å². The number of benzene rings is 2. The van der Waals surface area contributed by atoms with Gasteiger partial charge in [-0.25, -0.2) is 14.1 Å². The number of likely N-dealkylation sites (N-methyl/N-ethyl adjacent to an activating group) is 1. The van der Waals surface area contributed by atoms with E-state index >= 15 is 0 Å². The molecule has 3 heterocycles. The van der Waals surface area contributed by atoms with Crippen LogP contribution in [-0.4, -0.2) is 51.3 Å². The number of halogens is 6. The summed E-state index contributed by atoms with van der Waals surface area (Å²) in [5, 5.41) is 4.18. The van der Waals surface area contributed by atoms with Crippen molar-refractivity contribution in [2.75, 3.05) is 18.1 Å². The number of aromatic nitrogens is 4. The molecule has 210 valence electrons. The van der Waals surface area contributed by atoms with Gasteiger partial charge in [-0.15, -0.1) is 8.78 Å². The fourth-order valence-corrected chi connectivity index (χ4v) is 4.03. The van der Waals surface area contributed by atoms with Gasteiger partial charge < -0.3 is 24.1 Å². The highest BCUT2D eigenvalue weighted by Crippen LogP contribution is 2.43. The van der Waals surface area contributed by atoms with Crippen molar-refractivity contribution in [2.45, 2.75) is 25.9 Å². The molecule has 2 aromatic heterocycles. The number of nitrogens with one attached hydrogen (secondary N) is 1. The third-order valence-corrected chi connectivity index (χ3v) is 5.73. The smallest absolute Gasteiger partial charge is 0.481 e. The molecule has 0 aliphatic carbocycles. The summed E-state index contributed by atoms with van der Waals surface area (Å²) in [5.74, 6) is -2.92. The van der Waals surface area contributed by atoms with Crippen molar-refractivity contribution in [3.05, 3.63) is 58.9 Å². The quantitative estimate of drug-likeness (QED) is 0.332. The summed E-state index contributed by atoms with van der Waals surface area (Å²) in [4.78, 5) is 34.1. The Morgan fingerprint density at radius 1 is 1.15 bits per heavy atom. The highest BCUT2D eigenvalue weighted by molar-refractivity contribution is 5.94. The SMILES string of the molecule is CCN(C(=O)Cn1nc(-c2ccc(OCC(F)(F)F)c(F)c2)c2[nH]cnc2c1=O)c1ccc2c(c1)OC(F)(F)O2. The molecule has 2 aromatic carbocycles. The lowest BCUT2D eigenvalue weighted by Gasteiger charge is -2.21. The van der Waals surface area contributed by atoms with Gasteiger partial charge in [0.1, 0.15) is 12.2 Å². The van der Waals surface area contributed by atoms with Crippen molar-refractivity contribution in [2.24, 2.45) is 0 Å². The summed E-state index contributed by atoms with van der Waals surface area (Å²) in [6.07, 6.45) is -7.34. The molecule has 0 unspecified atom stereocenters. The number of carbonyl (C=O) groups is 1. The zero-order valence-corrected chi connectivity index (χ0v) is 20.3. The van der Waals surface area contributed by atoms with Crippen LogP contribution in [0.4, 0.5) is 32.0 Å². The molecule has 40 heavy (non-hydrogen) atoms. The standard InChI is InChI=1S/C24H17F6N5O5/c1-2-34(13-4-6-16-17(8-13)40-24(29,30)39-16)18(36)9-35-22(37)21-20(31-11-32-21)19(33-35)12-3-5-15(14(25)7-12)38-10-23(26,27)28/h3-8,11H,2,9-10H2,1H3,(H,31,32). The fourth-order valence-electron chi connectivity index (χ4n) is 4.03. The van der Waals surface area contributed by atoms with Gasteiger partial charge in [-0.1, -0.05) is 0 Å². The Hall–Kier alpha value is -4.76. The lowest BCUT2D eigenvalue weighted by atomic mass is 10.1. The van der Waals surface area contributed by atoms with Crippen LogP contribution in [0.15, 0.2) is 47.5 Å². The van der Waals surface area contributed by atoms with Gasteiger partial charge in [-0.3, -0.25) is 9.59 Å². The number of anilines is 1. The summed E-state index contributed by atoms with van der Waals surface area (Å²) < 4.78 is 92.8. The van der Waals surface area contributed by atoms with Crippen LogP contribution in [0.3, 0.4) is 0 Å². The molecule has 10 nitrogen and oxygen atoms in total. The first-order valence-electron chi connectivity index (χ1n) is 11.5. The number of alkyl halides is 5. The van der Waals surface area contributed by atoms with Gasteiger partial charge in [0.2, 0.25) is 5.91 Å². The lowest BCUT2D eigenvalue weighted by Crippen LogP contribution is -2.37. The van der Waals surface area contributed by atoms with Crippen LogP contribution in [0.5, 0.6) is 17.2 Å². The third-order valence-electron chi connectivity index (χ3n) is 5.73. The molecule has 0 saturated carbocycles. The van der Waals surface area contributed by atoms with Crippen molar-refractivity contribution < 1.29 is 45.3 Å². The number of rotatable bonds is 7. The minimum absolute atomic E-state index is 0.0190. The topological polar surface area (TPSA) is 112 Å². The Balaban J connectivity index is 1.45. The molecule has 1 N–H and O–H groups in total. The van der Waals surface area contributed by atoms with Crippen LogP contribution >= 0.6 is 0 Å². The molecule has 1 amide bonds. The normalized spacial score (nSPS) is 14.0. The van der Waals surface area contributed by atoms with Crippen LogP contribution in [0, 0.1) is 5.82 Å². The number of imidazole rings is 1. The molecule has 0 saturated heterocycles. The predicted molar refractivity (Wildman–Crippen MR) is 126 cm³/mol. The van der Waals surface area contributed by atoms with E-state index in [1.54, 1.807) is 6.92 Å². The second kappa shape index (κ2) is 9.77. The summed E-state index contributed by atoms with van der Waals surface area (Å²) in [7, 11) is 0. The number of H-pyrrole nitrogens is 1. The largest absolute Gasteiger partial charge is 0.586 e. The molecule has 5 rings (SSSR count). The van der Waals surface area contributed by atoms with E-state index in [4.69, 9.17) is 0 Å². The van der Waals surface area contributed by atoms with Gasteiger partial charge in [-0.2, -0.15) is 18.3 Å². The number of amides is 1. The zero-order chi connectivity index (χ0) is 28.8. The molecular weight excluding hydrogens is 552 g/mol. The van der Waals surface area contributed by atoms with Crippen LogP contribution < -0.4 is 24.7 Å². The molecule has 16 heteroatoms. The number of hydrogen-bond donors (Lipinski definition) is 1. The first-order valence-corrected chi connectivity index (χ1v) is 11.5. The average molecular weight is 569 g/mol. The number of ether oxygens (including phenoxy) is 3. The molecule has 1 aliphatic rings. The van der Waals surface area contributed by atoms with E-state index in [2.05, 4.69) is 29.3 Å². The number of hydrogen-bond acceptors (Lipinski definition) is 7. The number of nitrogens with zero attached hydrogens (tertiary/aromatic N) is 4. The number of carbonyl (C=O) groups excluding carboxylic acids is 1. The number of aromatic amines is 1. The van der Waals surface area contributed by atoms with Crippen molar-refractivity contribution in [3.8, 4) is 28.5 Å². The molecule has 0 atom stereocenters. The molecule has 1 aliphatic heterocycles. The van der Waals surface area contributed by atoms with E-state index in [9.17, 15) is 35.9 Å². The van der Waals surface area contributed by atoms with E-state index in [1.165, 1.54) is 35.5 Å². The fraction of sp³-hybridized carbons (Fsp3) is 0.250. The zero-order valence-electron chi connectivity index (χ0n) is 20.3. The maximum Gasteiger partial charge on any atom is 0.586 e. The van der Waals surface area contributed by atoms with E-state index < -0.39 is 48.7 Å². The van der Waals surface area contributed by atoms with E-state index in [-0.39, 0.29) is 46.0 Å². The molecule has 0 bridgehead atoms. The Kier molecular flexibility index (Phi) is 6.55. The van der Waals surface area contributed by atoms with Crippen molar-refractivity contribution in [1.29, 1.82) is 0 Å². The maximum atomic E-state index is 14.6. The van der Waals surface area contributed by atoms with Crippen molar-refractivity contribution in [3.63, 3.8) is 0 Å². The highest BCUT2D eigenvalue weighted by atomic mass is 19.4. The molecule has 4 aromatic rings. The Bertz CT molecular complexity index is 1670. The van der Waals surface area contributed by atoms with Crippen LogP contribution in [0.2, 0.25) is 0 Å². The van der Waals surface area contributed by atoms with Gasteiger partial charge in [0.25, 0.3) is 5.56 Å². The first-order chi connectivity index (χ1) is 18.8. The van der Waals surface area contributed by atoms with Crippen LogP contribution in [0.1, 0.15) is 6.92 Å². The van der Waals surface area contributed by atoms with E-state index in [0.29, 0.717) is 0 Å². The molecular formula is C24H17F6N5O5. The van der Waals surface area contributed by atoms with Crippen molar-refractivity contribution in [1.82, 2.24) is 19.7 Å². The van der Waals surface area contributed by atoms with Gasteiger partial charge in [0.05, 0.1) is 11.8 Å². The van der Waals surface area contributed by atoms with Gasteiger partial charge in [0.15, 0.2) is 35.2 Å². The summed E-state index contributed by atoms with van der Waals surface area (Å²) in [6, 6.07) is 6.82. The van der Waals surface area contributed by atoms with Crippen LogP contribution in [-0.2, 0) is 11.3 Å².